The number of hydrogen-bond acceptors (Lipinski definition) is 4. The first kappa shape index (κ1) is 18.7. The lowest BCUT2D eigenvalue weighted by molar-refractivity contribution is -0.119. The summed E-state index contributed by atoms with van der Waals surface area (Å²) in [5.74, 6) is 1.96. The first-order valence-electron chi connectivity index (χ1n) is 10.6. The third-order valence-electron chi connectivity index (χ3n) is 6.20. The van der Waals surface area contributed by atoms with E-state index < -0.39 is 0 Å². The second kappa shape index (κ2) is 7.86. The zero-order chi connectivity index (χ0) is 19.8. The van der Waals surface area contributed by atoms with Crippen LogP contribution in [-0.2, 0) is 4.79 Å². The summed E-state index contributed by atoms with van der Waals surface area (Å²) in [5, 5.41) is 14.2. The molecule has 29 heavy (non-hydrogen) atoms. The van der Waals surface area contributed by atoms with Crippen molar-refractivity contribution < 1.29 is 4.79 Å². The number of nitrogens with one attached hydrogen (secondary N) is 2. The van der Waals surface area contributed by atoms with E-state index in [1.165, 1.54) is 31.0 Å². The molecule has 2 fully saturated rings. The lowest BCUT2D eigenvalue weighted by Crippen LogP contribution is -2.41. The van der Waals surface area contributed by atoms with Gasteiger partial charge in [0.1, 0.15) is 0 Å². The summed E-state index contributed by atoms with van der Waals surface area (Å²) >= 11 is 1.50. The van der Waals surface area contributed by atoms with Crippen LogP contribution < -0.4 is 5.32 Å². The zero-order valence-electron chi connectivity index (χ0n) is 16.7. The molecule has 3 aromatic rings. The summed E-state index contributed by atoms with van der Waals surface area (Å²) in [6.45, 7) is 2.24. The Bertz CT molecular complexity index is 1020. The van der Waals surface area contributed by atoms with Crippen molar-refractivity contribution in [2.75, 3.05) is 5.75 Å². The van der Waals surface area contributed by atoms with E-state index in [0.717, 1.165) is 46.7 Å². The molecule has 0 aliphatic heterocycles. The van der Waals surface area contributed by atoms with Crippen molar-refractivity contribution in [3.05, 3.63) is 30.5 Å². The maximum Gasteiger partial charge on any atom is 0.230 e. The Morgan fingerprint density at radius 1 is 1.21 bits per heavy atom. The van der Waals surface area contributed by atoms with Crippen LogP contribution in [0, 0.1) is 5.92 Å². The highest BCUT2D eigenvalue weighted by molar-refractivity contribution is 7.99. The monoisotopic (exact) mass is 409 g/mol. The molecule has 2 atom stereocenters. The van der Waals surface area contributed by atoms with Gasteiger partial charge in [-0.3, -0.25) is 9.36 Å². The minimum Gasteiger partial charge on any atom is -0.360 e. The van der Waals surface area contributed by atoms with Gasteiger partial charge >= 0.3 is 0 Å². The highest BCUT2D eigenvalue weighted by Crippen LogP contribution is 2.42. The number of nitrogens with zero attached hydrogens (tertiary/aromatic N) is 3. The van der Waals surface area contributed by atoms with Crippen LogP contribution in [0.1, 0.15) is 51.5 Å². The van der Waals surface area contributed by atoms with E-state index in [1.54, 1.807) is 0 Å². The first-order valence-corrected chi connectivity index (χ1v) is 11.6. The highest BCUT2D eigenvalue weighted by Gasteiger charge is 2.31. The average molecular weight is 410 g/mol. The zero-order valence-corrected chi connectivity index (χ0v) is 17.5. The van der Waals surface area contributed by atoms with E-state index in [0.29, 0.717) is 23.8 Å². The lowest BCUT2D eigenvalue weighted by atomic mass is 9.86. The molecule has 0 unspecified atom stereocenters. The second-order valence-electron chi connectivity index (χ2n) is 8.38. The average Bonchev–Trinajstić information content (AvgIpc) is 3.34. The van der Waals surface area contributed by atoms with Crippen molar-refractivity contribution in [1.29, 1.82) is 0 Å². The van der Waals surface area contributed by atoms with Gasteiger partial charge in [-0.25, -0.2) is 0 Å². The summed E-state index contributed by atoms with van der Waals surface area (Å²) in [7, 11) is 0. The quantitative estimate of drug-likeness (QED) is 0.586. The summed E-state index contributed by atoms with van der Waals surface area (Å²) in [6, 6.07) is 9.02. The Balaban J connectivity index is 1.33. The molecule has 152 valence electrons. The van der Waals surface area contributed by atoms with Crippen molar-refractivity contribution in [3.63, 3.8) is 0 Å². The van der Waals surface area contributed by atoms with Gasteiger partial charge in [0.05, 0.1) is 5.75 Å². The van der Waals surface area contributed by atoms with Gasteiger partial charge in [-0.15, -0.1) is 10.2 Å². The van der Waals surface area contributed by atoms with Gasteiger partial charge in [-0.05, 0) is 37.7 Å². The molecule has 2 aromatic heterocycles. The summed E-state index contributed by atoms with van der Waals surface area (Å²) < 4.78 is 2.23. The molecular weight excluding hydrogens is 382 g/mol. The van der Waals surface area contributed by atoms with Crippen molar-refractivity contribution in [1.82, 2.24) is 25.1 Å². The van der Waals surface area contributed by atoms with Crippen LogP contribution in [0.4, 0.5) is 0 Å². The van der Waals surface area contributed by atoms with Crippen LogP contribution in [0.5, 0.6) is 0 Å². The molecule has 0 saturated heterocycles. The fourth-order valence-corrected chi connectivity index (χ4v) is 5.20. The third kappa shape index (κ3) is 3.80. The van der Waals surface area contributed by atoms with Gasteiger partial charge in [-0.1, -0.05) is 49.7 Å². The number of carbonyl (C=O) groups is 1. The van der Waals surface area contributed by atoms with Gasteiger partial charge < -0.3 is 10.3 Å². The number of amides is 1. The molecule has 6 nitrogen and oxygen atoms in total. The fraction of sp³-hybridized carbons (Fsp3) is 0.500. The van der Waals surface area contributed by atoms with Crippen LogP contribution in [0.25, 0.3) is 22.3 Å². The van der Waals surface area contributed by atoms with Gasteiger partial charge in [0.25, 0.3) is 0 Å². The molecule has 2 aliphatic rings. The number of aromatic amines is 1. The van der Waals surface area contributed by atoms with E-state index in [9.17, 15) is 4.79 Å². The molecule has 2 aliphatic carbocycles. The van der Waals surface area contributed by atoms with E-state index in [2.05, 4.69) is 44.1 Å². The Morgan fingerprint density at radius 3 is 2.86 bits per heavy atom. The van der Waals surface area contributed by atoms with Crippen LogP contribution >= 0.6 is 11.8 Å². The number of rotatable bonds is 6. The molecule has 2 N–H and O–H groups in total. The molecule has 2 heterocycles. The Hall–Kier alpha value is -2.28. The molecule has 0 radical (unpaired) electrons. The normalized spacial score (nSPS) is 22.1. The van der Waals surface area contributed by atoms with Gasteiger partial charge in [0.15, 0.2) is 11.0 Å². The molecule has 5 rings (SSSR count). The van der Waals surface area contributed by atoms with Crippen molar-refractivity contribution in [2.24, 2.45) is 5.92 Å². The summed E-state index contributed by atoms with van der Waals surface area (Å²) in [6.07, 6.45) is 9.11. The van der Waals surface area contributed by atoms with Crippen LogP contribution in [0.15, 0.2) is 35.6 Å². The number of para-hydroxylation sites is 1. The van der Waals surface area contributed by atoms with E-state index in [-0.39, 0.29) is 5.91 Å². The molecule has 7 heteroatoms. The SMILES string of the molecule is C[C@H]1CCCC[C@H]1NC(=O)CSc1nnc(-c2c[nH]c3ccccc23)n1C1CC1. The summed E-state index contributed by atoms with van der Waals surface area (Å²) in [4.78, 5) is 15.9. The maximum absolute atomic E-state index is 12.5. The Labute approximate surface area is 174 Å². The highest BCUT2D eigenvalue weighted by atomic mass is 32.2. The van der Waals surface area contributed by atoms with E-state index in [4.69, 9.17) is 0 Å². The standard InChI is InChI=1S/C22H27N5OS/c1-14-6-2-4-8-18(14)24-20(28)13-29-22-26-25-21(27(22)15-10-11-15)17-12-23-19-9-5-3-7-16(17)19/h3,5,7,9,12,14-15,18,23H,2,4,6,8,10-11,13H2,1H3,(H,24,28)/t14-,18+/m0/s1. The minimum absolute atomic E-state index is 0.104. The van der Waals surface area contributed by atoms with Crippen LogP contribution in [-0.4, -0.2) is 37.5 Å². The molecular formula is C22H27N5OS. The summed E-state index contributed by atoms with van der Waals surface area (Å²) in [5.41, 5.74) is 2.18. The first-order chi connectivity index (χ1) is 14.2. The van der Waals surface area contributed by atoms with E-state index in [1.807, 2.05) is 18.3 Å². The van der Waals surface area contributed by atoms with Crippen LogP contribution in [0.3, 0.4) is 0 Å². The number of carbonyl (C=O) groups excluding carboxylic acids is 1. The Morgan fingerprint density at radius 2 is 2.03 bits per heavy atom. The molecule has 1 amide bonds. The van der Waals surface area contributed by atoms with Gasteiger partial charge in [0.2, 0.25) is 5.91 Å². The number of H-pyrrole nitrogens is 1. The number of benzene rings is 1. The smallest absolute Gasteiger partial charge is 0.230 e. The number of hydrogen-bond donors (Lipinski definition) is 2. The number of aromatic nitrogens is 4. The topological polar surface area (TPSA) is 75.6 Å². The number of thioether (sulfide) groups is 1. The maximum atomic E-state index is 12.5. The van der Waals surface area contributed by atoms with Crippen molar-refractivity contribution in [2.45, 2.75) is 62.7 Å². The van der Waals surface area contributed by atoms with Gasteiger partial charge in [0, 0.05) is 34.7 Å². The van der Waals surface area contributed by atoms with Crippen molar-refractivity contribution in [3.8, 4) is 11.4 Å². The molecule has 1 aromatic carbocycles. The van der Waals surface area contributed by atoms with Crippen molar-refractivity contribution >= 4 is 28.6 Å². The number of fused-ring (bicyclic) bond motifs is 1. The molecule has 0 bridgehead atoms. The fourth-order valence-electron chi connectivity index (χ4n) is 4.39. The van der Waals surface area contributed by atoms with Crippen LogP contribution in [0.2, 0.25) is 0 Å². The largest absolute Gasteiger partial charge is 0.360 e. The molecule has 0 spiro atoms. The van der Waals surface area contributed by atoms with Gasteiger partial charge in [-0.2, -0.15) is 0 Å². The minimum atomic E-state index is 0.104. The predicted octanol–water partition coefficient (Wildman–Crippen LogP) is 4.55. The van der Waals surface area contributed by atoms with E-state index >= 15 is 0 Å². The third-order valence-corrected chi connectivity index (χ3v) is 7.14. The second-order valence-corrected chi connectivity index (χ2v) is 9.32. The molecule has 2 saturated carbocycles. The Kier molecular flexibility index (Phi) is 5.08. The predicted molar refractivity (Wildman–Crippen MR) is 116 cm³/mol. The lowest BCUT2D eigenvalue weighted by Gasteiger charge is -2.29.